The Morgan fingerprint density at radius 2 is 2.05 bits per heavy atom. The van der Waals surface area contributed by atoms with E-state index >= 15 is 0 Å². The first-order valence-corrected chi connectivity index (χ1v) is 6.04. The van der Waals surface area contributed by atoms with Gasteiger partial charge in [-0.2, -0.15) is 5.26 Å². The summed E-state index contributed by atoms with van der Waals surface area (Å²) in [5.74, 6) is 1.50. The Morgan fingerprint density at radius 1 is 1.26 bits per heavy atom. The van der Waals surface area contributed by atoms with E-state index in [0.717, 1.165) is 0 Å². The van der Waals surface area contributed by atoms with E-state index < -0.39 is 0 Å². The van der Waals surface area contributed by atoms with Crippen molar-refractivity contribution < 1.29 is 4.74 Å². The number of benzene rings is 1. The zero-order valence-electron chi connectivity index (χ0n) is 10.9. The number of nitrogens with two attached hydrogens (primary N) is 1. The van der Waals surface area contributed by atoms with Gasteiger partial charge in [-0.05, 0) is 29.7 Å². The summed E-state index contributed by atoms with van der Waals surface area (Å²) in [6.07, 6.45) is 0. The molecule has 1 aromatic carbocycles. The fourth-order valence-corrected chi connectivity index (χ4v) is 1.66. The van der Waals surface area contributed by atoms with Crippen LogP contribution in [-0.2, 0) is 0 Å². The summed E-state index contributed by atoms with van der Waals surface area (Å²) in [7, 11) is 0. The highest BCUT2D eigenvalue weighted by atomic mass is 16.5. The minimum absolute atomic E-state index is 0.178. The molecule has 0 unspecified atom stereocenters. The van der Waals surface area contributed by atoms with Gasteiger partial charge in [0.25, 0.3) is 0 Å². The molecule has 0 bridgehead atoms. The number of hydrogen-bond donors (Lipinski definition) is 1. The van der Waals surface area contributed by atoms with Gasteiger partial charge in [0.05, 0.1) is 5.69 Å². The van der Waals surface area contributed by atoms with Crippen molar-refractivity contribution in [3.05, 3.63) is 47.7 Å². The fraction of sp³-hybridized carbons (Fsp3) is 0.200. The molecule has 96 valence electrons. The second-order valence-electron chi connectivity index (χ2n) is 4.53. The number of aromatic nitrogens is 1. The van der Waals surface area contributed by atoms with Gasteiger partial charge in [0.2, 0.25) is 5.88 Å². The molecular weight excluding hydrogens is 238 g/mol. The van der Waals surface area contributed by atoms with E-state index in [1.165, 1.54) is 5.56 Å². The Morgan fingerprint density at radius 3 is 2.74 bits per heavy atom. The Hall–Kier alpha value is -2.54. The number of pyridine rings is 1. The molecular formula is C15H15N3O. The standard InChI is InChI=1S/C15H15N3O/c1-10(2)11-4-3-5-12(8-11)19-15-7-6-13(17)14(9-16)18-15/h3-8,10H,17H2,1-2H3. The molecule has 0 aliphatic rings. The molecule has 4 heteroatoms. The van der Waals surface area contributed by atoms with Crippen molar-refractivity contribution in [2.75, 3.05) is 5.73 Å². The molecule has 2 aromatic rings. The zero-order valence-corrected chi connectivity index (χ0v) is 10.9. The molecule has 1 aromatic heterocycles. The smallest absolute Gasteiger partial charge is 0.220 e. The van der Waals surface area contributed by atoms with Crippen LogP contribution in [0.15, 0.2) is 36.4 Å². The quantitative estimate of drug-likeness (QED) is 0.909. The maximum atomic E-state index is 8.88. The number of nitrogens with zero attached hydrogens (tertiary/aromatic N) is 2. The third kappa shape index (κ3) is 3.02. The van der Waals surface area contributed by atoms with Crippen molar-refractivity contribution in [1.29, 1.82) is 5.26 Å². The number of nitriles is 1. The van der Waals surface area contributed by atoms with Crippen LogP contribution in [0.25, 0.3) is 0 Å². The molecule has 19 heavy (non-hydrogen) atoms. The largest absolute Gasteiger partial charge is 0.439 e. The van der Waals surface area contributed by atoms with E-state index in [1.807, 2.05) is 24.3 Å². The minimum atomic E-state index is 0.178. The number of anilines is 1. The summed E-state index contributed by atoms with van der Waals surface area (Å²) in [5.41, 5.74) is 7.34. The van der Waals surface area contributed by atoms with Crippen LogP contribution in [0.2, 0.25) is 0 Å². The number of hydrogen-bond acceptors (Lipinski definition) is 4. The molecule has 0 amide bonds. The van der Waals surface area contributed by atoms with Gasteiger partial charge in [-0.1, -0.05) is 26.0 Å². The molecule has 1 heterocycles. The van der Waals surface area contributed by atoms with Gasteiger partial charge in [0.1, 0.15) is 11.8 Å². The summed E-state index contributed by atoms with van der Waals surface area (Å²) in [4.78, 5) is 4.05. The van der Waals surface area contributed by atoms with Crippen LogP contribution in [0.1, 0.15) is 31.0 Å². The SMILES string of the molecule is CC(C)c1cccc(Oc2ccc(N)c(C#N)n2)c1. The maximum Gasteiger partial charge on any atom is 0.220 e. The minimum Gasteiger partial charge on any atom is -0.439 e. The average Bonchev–Trinajstić information content (AvgIpc) is 2.41. The molecule has 0 saturated carbocycles. The second kappa shape index (κ2) is 5.40. The lowest BCUT2D eigenvalue weighted by atomic mass is 10.0. The second-order valence-corrected chi connectivity index (χ2v) is 4.53. The summed E-state index contributed by atoms with van der Waals surface area (Å²) in [6.45, 7) is 4.24. The molecule has 0 aliphatic carbocycles. The van der Waals surface area contributed by atoms with Gasteiger partial charge in [-0.3, -0.25) is 0 Å². The third-order valence-corrected chi connectivity index (χ3v) is 2.75. The van der Waals surface area contributed by atoms with E-state index in [4.69, 9.17) is 15.7 Å². The van der Waals surface area contributed by atoms with Gasteiger partial charge in [-0.15, -0.1) is 0 Å². The van der Waals surface area contributed by atoms with Crippen molar-refractivity contribution in [2.24, 2.45) is 0 Å². The van der Waals surface area contributed by atoms with Crippen LogP contribution < -0.4 is 10.5 Å². The monoisotopic (exact) mass is 253 g/mol. The van der Waals surface area contributed by atoms with Gasteiger partial charge in [-0.25, -0.2) is 4.98 Å². The van der Waals surface area contributed by atoms with Gasteiger partial charge in [0, 0.05) is 6.07 Å². The molecule has 2 rings (SSSR count). The highest BCUT2D eigenvalue weighted by Crippen LogP contribution is 2.25. The van der Waals surface area contributed by atoms with Crippen LogP contribution in [0.5, 0.6) is 11.6 Å². The lowest BCUT2D eigenvalue weighted by Gasteiger charge is -2.09. The van der Waals surface area contributed by atoms with E-state index in [9.17, 15) is 0 Å². The molecule has 0 aliphatic heterocycles. The third-order valence-electron chi connectivity index (χ3n) is 2.75. The molecule has 0 radical (unpaired) electrons. The fourth-order valence-electron chi connectivity index (χ4n) is 1.66. The average molecular weight is 253 g/mol. The highest BCUT2D eigenvalue weighted by Gasteiger charge is 2.06. The lowest BCUT2D eigenvalue weighted by molar-refractivity contribution is 0.461. The molecule has 0 atom stereocenters. The van der Waals surface area contributed by atoms with Gasteiger partial charge in [0.15, 0.2) is 5.69 Å². The first-order chi connectivity index (χ1) is 9.10. The van der Waals surface area contributed by atoms with Crippen molar-refractivity contribution >= 4 is 5.69 Å². The summed E-state index contributed by atoms with van der Waals surface area (Å²) in [5, 5.41) is 8.88. The summed E-state index contributed by atoms with van der Waals surface area (Å²) < 4.78 is 5.65. The van der Waals surface area contributed by atoms with Crippen molar-refractivity contribution in [2.45, 2.75) is 19.8 Å². The summed E-state index contributed by atoms with van der Waals surface area (Å²) >= 11 is 0. The van der Waals surface area contributed by atoms with E-state index in [0.29, 0.717) is 23.2 Å². The van der Waals surface area contributed by atoms with Gasteiger partial charge < -0.3 is 10.5 Å². The van der Waals surface area contributed by atoms with E-state index in [-0.39, 0.29) is 5.69 Å². The van der Waals surface area contributed by atoms with Crippen LogP contribution in [-0.4, -0.2) is 4.98 Å². The predicted molar refractivity (Wildman–Crippen MR) is 74.0 cm³/mol. The first-order valence-electron chi connectivity index (χ1n) is 6.04. The maximum absolute atomic E-state index is 8.88. The van der Waals surface area contributed by atoms with E-state index in [2.05, 4.69) is 24.9 Å². The molecule has 4 nitrogen and oxygen atoms in total. The van der Waals surface area contributed by atoms with Crippen LogP contribution in [0.4, 0.5) is 5.69 Å². The van der Waals surface area contributed by atoms with Crippen molar-refractivity contribution in [1.82, 2.24) is 4.98 Å². The lowest BCUT2D eigenvalue weighted by Crippen LogP contribution is -1.96. The molecule has 0 spiro atoms. The Labute approximate surface area is 112 Å². The number of nitrogen functional groups attached to an aromatic ring is 1. The van der Waals surface area contributed by atoms with Crippen LogP contribution in [0, 0.1) is 11.3 Å². The zero-order chi connectivity index (χ0) is 13.8. The predicted octanol–water partition coefficient (Wildman–Crippen LogP) is 3.45. The number of ether oxygens (including phenoxy) is 1. The number of rotatable bonds is 3. The Bertz CT molecular complexity index is 630. The van der Waals surface area contributed by atoms with Crippen LogP contribution in [0.3, 0.4) is 0 Å². The molecule has 0 saturated heterocycles. The van der Waals surface area contributed by atoms with Crippen LogP contribution >= 0.6 is 0 Å². The molecule has 0 fully saturated rings. The highest BCUT2D eigenvalue weighted by molar-refractivity contribution is 5.51. The summed E-state index contributed by atoms with van der Waals surface area (Å²) in [6, 6.07) is 13.0. The van der Waals surface area contributed by atoms with E-state index in [1.54, 1.807) is 12.1 Å². The van der Waals surface area contributed by atoms with Crippen molar-refractivity contribution in [3.63, 3.8) is 0 Å². The Kier molecular flexibility index (Phi) is 3.67. The molecule has 2 N–H and O–H groups in total. The van der Waals surface area contributed by atoms with Gasteiger partial charge >= 0.3 is 0 Å². The topological polar surface area (TPSA) is 71.9 Å². The Balaban J connectivity index is 2.26. The normalized spacial score (nSPS) is 10.2. The van der Waals surface area contributed by atoms with Crippen molar-refractivity contribution in [3.8, 4) is 17.7 Å². The first kappa shape index (κ1) is 12.9.